The number of hydrogen-bond donors (Lipinski definition) is 1. The topological polar surface area (TPSA) is 54.0 Å². The van der Waals surface area contributed by atoms with E-state index in [2.05, 4.69) is 33.8 Å². The summed E-state index contributed by atoms with van der Waals surface area (Å²) >= 11 is 1.85. The fourth-order valence-corrected chi connectivity index (χ4v) is 4.41. The number of ether oxygens (including phenoxy) is 2. The van der Waals surface area contributed by atoms with Crippen molar-refractivity contribution >= 4 is 28.7 Å². The number of hydrogen-bond acceptors (Lipinski definition) is 5. The van der Waals surface area contributed by atoms with E-state index in [-0.39, 0.29) is 6.03 Å². The first-order valence-electron chi connectivity index (χ1n) is 10.3. The van der Waals surface area contributed by atoms with Crippen LogP contribution in [0.15, 0.2) is 60.0 Å². The molecule has 2 aromatic carbocycles. The third kappa shape index (κ3) is 5.30. The van der Waals surface area contributed by atoms with Gasteiger partial charge in [-0.15, -0.1) is 11.3 Å². The standard InChI is InChI=1S/C24H27N3O3S/c1-26(14-15-30-22-9-7-21(29-2)8-10-22)24(28)25-19-3-5-20(6-4-19)27-13-11-23-18(17-27)12-16-31-23/h3-10,12,16H,11,13-15,17H2,1-2H3,(H,25,28). The van der Waals surface area contributed by atoms with Gasteiger partial charge in [0, 0.05) is 36.4 Å². The molecule has 7 heteroatoms. The number of anilines is 2. The van der Waals surface area contributed by atoms with Crippen LogP contribution in [-0.2, 0) is 13.0 Å². The molecule has 6 nitrogen and oxygen atoms in total. The molecule has 0 saturated carbocycles. The molecular formula is C24H27N3O3S. The minimum atomic E-state index is -0.160. The number of nitrogens with zero attached hydrogens (tertiary/aromatic N) is 2. The lowest BCUT2D eigenvalue weighted by Crippen LogP contribution is -2.34. The first-order valence-corrected chi connectivity index (χ1v) is 11.2. The number of methoxy groups -OCH3 is 1. The first-order chi connectivity index (χ1) is 15.1. The second-order valence-electron chi connectivity index (χ2n) is 7.46. The van der Waals surface area contributed by atoms with Crippen LogP contribution in [-0.4, -0.2) is 44.8 Å². The molecule has 0 fully saturated rings. The molecule has 3 aromatic rings. The van der Waals surface area contributed by atoms with Crippen LogP contribution in [0.4, 0.5) is 16.2 Å². The van der Waals surface area contributed by atoms with E-state index in [1.807, 2.05) is 47.7 Å². The Morgan fingerprint density at radius 3 is 2.58 bits per heavy atom. The number of carbonyl (C=O) groups is 1. The zero-order valence-corrected chi connectivity index (χ0v) is 18.7. The van der Waals surface area contributed by atoms with Crippen LogP contribution >= 0.6 is 11.3 Å². The third-order valence-electron chi connectivity index (χ3n) is 5.39. The molecule has 0 aliphatic carbocycles. The van der Waals surface area contributed by atoms with E-state index >= 15 is 0 Å². The molecule has 0 saturated heterocycles. The lowest BCUT2D eigenvalue weighted by atomic mass is 10.1. The number of fused-ring (bicyclic) bond motifs is 1. The van der Waals surface area contributed by atoms with Gasteiger partial charge in [-0.1, -0.05) is 0 Å². The normalized spacial score (nSPS) is 12.8. The monoisotopic (exact) mass is 437 g/mol. The van der Waals surface area contributed by atoms with E-state index in [0.29, 0.717) is 13.2 Å². The Morgan fingerprint density at radius 1 is 1.10 bits per heavy atom. The van der Waals surface area contributed by atoms with Crippen LogP contribution < -0.4 is 19.7 Å². The maximum atomic E-state index is 12.5. The molecule has 2 heterocycles. The summed E-state index contributed by atoms with van der Waals surface area (Å²) in [7, 11) is 3.39. The second kappa shape index (κ2) is 9.75. The van der Waals surface area contributed by atoms with Crippen LogP contribution in [0.2, 0.25) is 0 Å². The van der Waals surface area contributed by atoms with Gasteiger partial charge in [0.2, 0.25) is 0 Å². The van der Waals surface area contributed by atoms with Crippen LogP contribution in [0.5, 0.6) is 11.5 Å². The molecule has 1 N–H and O–H groups in total. The van der Waals surface area contributed by atoms with Gasteiger partial charge in [-0.25, -0.2) is 4.79 Å². The van der Waals surface area contributed by atoms with E-state index in [0.717, 1.165) is 36.7 Å². The van der Waals surface area contributed by atoms with Crippen LogP contribution in [0.25, 0.3) is 0 Å². The molecule has 0 radical (unpaired) electrons. The fraction of sp³-hybridized carbons (Fsp3) is 0.292. The summed E-state index contributed by atoms with van der Waals surface area (Å²) in [5, 5.41) is 5.12. The highest BCUT2D eigenvalue weighted by Gasteiger charge is 2.17. The van der Waals surface area contributed by atoms with E-state index < -0.39 is 0 Å². The maximum Gasteiger partial charge on any atom is 0.321 e. The van der Waals surface area contributed by atoms with Gasteiger partial charge in [0.15, 0.2) is 0 Å². The Kier molecular flexibility index (Phi) is 6.62. The van der Waals surface area contributed by atoms with Crippen molar-refractivity contribution in [3.05, 3.63) is 70.4 Å². The lowest BCUT2D eigenvalue weighted by molar-refractivity contribution is 0.207. The summed E-state index contributed by atoms with van der Waals surface area (Å²) in [5.41, 5.74) is 3.38. The molecule has 0 unspecified atom stereocenters. The molecule has 4 rings (SSSR count). The number of thiophene rings is 1. The summed E-state index contributed by atoms with van der Waals surface area (Å²) in [4.78, 5) is 18.0. The van der Waals surface area contributed by atoms with Crippen molar-refractivity contribution in [3.63, 3.8) is 0 Å². The van der Waals surface area contributed by atoms with Crippen LogP contribution in [0, 0.1) is 0 Å². The Balaban J connectivity index is 1.24. The van der Waals surface area contributed by atoms with Crippen molar-refractivity contribution in [3.8, 4) is 11.5 Å². The molecule has 0 atom stereocenters. The predicted molar refractivity (Wildman–Crippen MR) is 126 cm³/mol. The molecule has 0 spiro atoms. The molecule has 0 bridgehead atoms. The number of likely N-dealkylation sites (N-methyl/N-ethyl adjacent to an activating group) is 1. The minimum Gasteiger partial charge on any atom is -0.497 e. The van der Waals surface area contributed by atoms with Crippen molar-refractivity contribution in [2.75, 3.05) is 44.1 Å². The summed E-state index contributed by atoms with van der Waals surface area (Å²) in [5.74, 6) is 1.53. The number of nitrogens with one attached hydrogen (secondary N) is 1. The maximum absolute atomic E-state index is 12.5. The van der Waals surface area contributed by atoms with Crippen molar-refractivity contribution in [1.82, 2.24) is 4.90 Å². The quantitative estimate of drug-likeness (QED) is 0.573. The Bertz CT molecular complexity index is 1000. The van der Waals surface area contributed by atoms with Crippen molar-refractivity contribution in [2.24, 2.45) is 0 Å². The van der Waals surface area contributed by atoms with E-state index in [1.165, 1.54) is 16.1 Å². The lowest BCUT2D eigenvalue weighted by Gasteiger charge is -2.29. The zero-order chi connectivity index (χ0) is 21.6. The fourth-order valence-electron chi connectivity index (χ4n) is 3.52. The van der Waals surface area contributed by atoms with Crippen molar-refractivity contribution < 1.29 is 14.3 Å². The van der Waals surface area contributed by atoms with Gasteiger partial charge in [0.05, 0.1) is 13.7 Å². The molecule has 2 amide bonds. The van der Waals surface area contributed by atoms with Gasteiger partial charge >= 0.3 is 6.03 Å². The van der Waals surface area contributed by atoms with Crippen molar-refractivity contribution in [1.29, 1.82) is 0 Å². The van der Waals surface area contributed by atoms with Crippen molar-refractivity contribution in [2.45, 2.75) is 13.0 Å². The smallest absolute Gasteiger partial charge is 0.321 e. The molecular weight excluding hydrogens is 410 g/mol. The zero-order valence-electron chi connectivity index (χ0n) is 17.8. The molecule has 1 aliphatic rings. The van der Waals surface area contributed by atoms with Crippen LogP contribution in [0.3, 0.4) is 0 Å². The predicted octanol–water partition coefficient (Wildman–Crippen LogP) is 4.86. The number of benzene rings is 2. The minimum absolute atomic E-state index is 0.160. The SMILES string of the molecule is COc1ccc(OCCN(C)C(=O)Nc2ccc(N3CCc4sccc4C3)cc2)cc1. The molecule has 1 aromatic heterocycles. The number of urea groups is 1. The summed E-state index contributed by atoms with van der Waals surface area (Å²) in [6, 6.07) is 17.5. The van der Waals surface area contributed by atoms with Crippen LogP contribution in [0.1, 0.15) is 10.4 Å². The Morgan fingerprint density at radius 2 is 1.84 bits per heavy atom. The average Bonchev–Trinajstić information content (AvgIpc) is 3.28. The van der Waals surface area contributed by atoms with Gasteiger partial charge in [0.25, 0.3) is 0 Å². The summed E-state index contributed by atoms with van der Waals surface area (Å²) in [6.45, 7) is 2.86. The van der Waals surface area contributed by atoms with E-state index in [1.54, 1.807) is 19.1 Å². The molecule has 1 aliphatic heterocycles. The van der Waals surface area contributed by atoms with Gasteiger partial charge in [-0.3, -0.25) is 0 Å². The third-order valence-corrected chi connectivity index (χ3v) is 6.42. The average molecular weight is 438 g/mol. The second-order valence-corrected chi connectivity index (χ2v) is 8.46. The number of carbonyl (C=O) groups excluding carboxylic acids is 1. The van der Waals surface area contributed by atoms with Gasteiger partial charge in [-0.05, 0) is 72.0 Å². The van der Waals surface area contributed by atoms with E-state index in [9.17, 15) is 4.79 Å². The van der Waals surface area contributed by atoms with Gasteiger partial charge in [-0.2, -0.15) is 0 Å². The summed E-state index contributed by atoms with van der Waals surface area (Å²) in [6.07, 6.45) is 1.09. The Hall–Kier alpha value is -3.19. The highest BCUT2D eigenvalue weighted by Crippen LogP contribution is 2.28. The van der Waals surface area contributed by atoms with E-state index in [4.69, 9.17) is 9.47 Å². The highest BCUT2D eigenvalue weighted by atomic mass is 32.1. The number of rotatable bonds is 7. The van der Waals surface area contributed by atoms with Gasteiger partial charge in [0.1, 0.15) is 18.1 Å². The Labute approximate surface area is 187 Å². The number of amides is 2. The largest absolute Gasteiger partial charge is 0.497 e. The first kappa shape index (κ1) is 21.1. The molecule has 31 heavy (non-hydrogen) atoms. The molecule has 162 valence electrons. The van der Waals surface area contributed by atoms with Gasteiger partial charge < -0.3 is 24.6 Å². The highest BCUT2D eigenvalue weighted by molar-refractivity contribution is 7.10. The summed E-state index contributed by atoms with van der Waals surface area (Å²) < 4.78 is 10.8.